The van der Waals surface area contributed by atoms with E-state index >= 15 is 0 Å². The first-order chi connectivity index (χ1) is 33.6. The number of para-hydroxylation sites is 1. The fourth-order valence-corrected chi connectivity index (χ4v) is 12.1. The number of aliphatic imine (C=N–C) groups is 1. The van der Waals surface area contributed by atoms with E-state index in [2.05, 4.69) is 204 Å². The molecule has 0 aliphatic heterocycles. The van der Waals surface area contributed by atoms with E-state index in [-0.39, 0.29) is 5.84 Å². The second-order valence-electron chi connectivity index (χ2n) is 18.0. The van der Waals surface area contributed by atoms with Crippen LogP contribution in [0.2, 0.25) is 0 Å². The fraction of sp³-hybridized carbons (Fsp3) is 0. The second-order valence-corrected chi connectivity index (χ2v) is 19.1. The Morgan fingerprint density at radius 2 is 1.21 bits per heavy atom. The summed E-state index contributed by atoms with van der Waals surface area (Å²) < 4.78 is 11.9. The molecule has 0 unspecified atom stereocenters. The summed E-state index contributed by atoms with van der Waals surface area (Å²) in [4.78, 5) is 8.54. The van der Waals surface area contributed by atoms with E-state index in [1.165, 1.54) is 41.7 Å². The Labute approximate surface area is 391 Å². The predicted molar refractivity (Wildman–Crippen MR) is 289 cm³/mol. The van der Waals surface area contributed by atoms with Crippen molar-refractivity contribution < 1.29 is 4.42 Å². The summed E-state index contributed by atoms with van der Waals surface area (Å²) in [5.41, 5.74) is 10.8. The van der Waals surface area contributed by atoms with E-state index in [0.717, 1.165) is 93.1 Å². The zero-order valence-electron chi connectivity index (χ0n) is 36.3. The number of amidine groups is 1. The molecule has 0 aliphatic carbocycles. The number of aromatic amines is 1. The summed E-state index contributed by atoms with van der Waals surface area (Å²) >= 11 is 1.80. The second kappa shape index (κ2) is 14.1. The van der Waals surface area contributed by atoms with Gasteiger partial charge in [-0.05, 0) is 116 Å². The van der Waals surface area contributed by atoms with Gasteiger partial charge in [0.15, 0.2) is 5.84 Å². The molecule has 0 radical (unpaired) electrons. The number of hydrogen-bond acceptors (Lipinski definition) is 3. The number of rotatable bonds is 4. The molecule has 0 amide bonds. The van der Waals surface area contributed by atoms with E-state index in [1.807, 2.05) is 12.3 Å². The van der Waals surface area contributed by atoms with Crippen molar-refractivity contribution in [3.63, 3.8) is 0 Å². The van der Waals surface area contributed by atoms with Gasteiger partial charge in [-0.25, -0.2) is 4.99 Å². The summed E-state index contributed by atoms with van der Waals surface area (Å²) in [5, 5.41) is 25.7. The zero-order valence-corrected chi connectivity index (χ0v) is 37.2. The topological polar surface area (TPSA) is 70.1 Å². The van der Waals surface area contributed by atoms with Crippen LogP contribution in [0.3, 0.4) is 0 Å². The maximum absolute atomic E-state index is 9.61. The third-order valence-corrected chi connectivity index (χ3v) is 15.3. The van der Waals surface area contributed by atoms with Gasteiger partial charge in [-0.15, -0.1) is 11.3 Å². The molecule has 68 heavy (non-hydrogen) atoms. The Balaban J connectivity index is 0.995. The highest BCUT2D eigenvalue weighted by atomic mass is 32.1. The van der Waals surface area contributed by atoms with E-state index < -0.39 is 0 Å². The molecule has 316 valence electrons. The van der Waals surface area contributed by atoms with Crippen LogP contribution in [0.25, 0.3) is 135 Å². The molecule has 15 rings (SSSR count). The van der Waals surface area contributed by atoms with Crippen LogP contribution in [-0.4, -0.2) is 21.6 Å². The molecule has 5 nitrogen and oxygen atoms in total. The molecular weight excluding hydrogens is 849 g/mol. The molecular formula is C62H36N4OS. The quantitative estimate of drug-likeness (QED) is 0.134. The number of hydrogen-bond donors (Lipinski definition) is 2. The molecule has 11 aromatic carbocycles. The van der Waals surface area contributed by atoms with Crippen molar-refractivity contribution >= 4 is 141 Å². The number of nitrogens with one attached hydrogen (secondary N) is 2. The largest absolute Gasteiger partial charge is 0.455 e. The molecule has 0 aliphatic rings. The minimum Gasteiger partial charge on any atom is -0.455 e. The van der Waals surface area contributed by atoms with Crippen LogP contribution in [0, 0.1) is 5.41 Å². The molecule has 4 aromatic heterocycles. The Hall–Kier alpha value is -8.84. The Bertz CT molecular complexity index is 4710. The SMILES string of the molecule is N=C(N=Cc1ccc2sc3ccccc3c2c1)c1cc(-n2c3cc4ccccc4cc3c3cc4cccc(-c5ccc6c(c5)[nH]c5ccccc56)c4cc32)c2c(c1)oc1c3ccccc3ccc12. The van der Waals surface area contributed by atoms with E-state index in [0.29, 0.717) is 11.1 Å². The van der Waals surface area contributed by atoms with Crippen LogP contribution in [0.1, 0.15) is 11.1 Å². The number of aromatic nitrogens is 2. The monoisotopic (exact) mass is 884 g/mol. The van der Waals surface area contributed by atoms with Crippen LogP contribution in [-0.2, 0) is 0 Å². The lowest BCUT2D eigenvalue weighted by atomic mass is 9.96. The molecule has 0 spiro atoms. The maximum Gasteiger partial charge on any atom is 0.151 e. The van der Waals surface area contributed by atoms with Crippen molar-refractivity contribution in [3.8, 4) is 16.8 Å². The molecule has 15 aromatic rings. The van der Waals surface area contributed by atoms with E-state index in [9.17, 15) is 5.41 Å². The predicted octanol–water partition coefficient (Wildman–Crippen LogP) is 17.3. The summed E-state index contributed by atoms with van der Waals surface area (Å²) in [7, 11) is 0. The van der Waals surface area contributed by atoms with Crippen molar-refractivity contribution in [2.45, 2.75) is 0 Å². The van der Waals surface area contributed by atoms with Gasteiger partial charge in [0.05, 0.1) is 22.1 Å². The Kier molecular flexibility index (Phi) is 7.74. The van der Waals surface area contributed by atoms with Gasteiger partial charge in [0, 0.05) is 75.3 Å². The van der Waals surface area contributed by atoms with Crippen molar-refractivity contribution in [1.29, 1.82) is 5.41 Å². The smallest absolute Gasteiger partial charge is 0.151 e. The minimum atomic E-state index is 0.153. The lowest BCUT2D eigenvalue weighted by Gasteiger charge is -2.13. The molecule has 0 bridgehead atoms. The molecule has 0 saturated heterocycles. The fourth-order valence-electron chi connectivity index (χ4n) is 11.0. The van der Waals surface area contributed by atoms with Crippen LogP contribution in [0.4, 0.5) is 0 Å². The van der Waals surface area contributed by atoms with Gasteiger partial charge in [-0.2, -0.15) is 0 Å². The number of benzene rings is 11. The van der Waals surface area contributed by atoms with Crippen molar-refractivity contribution in [3.05, 3.63) is 211 Å². The summed E-state index contributed by atoms with van der Waals surface area (Å²) in [5.74, 6) is 0.153. The lowest BCUT2D eigenvalue weighted by Crippen LogP contribution is -2.01. The lowest BCUT2D eigenvalue weighted by molar-refractivity contribution is 0.672. The zero-order chi connectivity index (χ0) is 44.6. The average molecular weight is 885 g/mol. The highest BCUT2D eigenvalue weighted by Gasteiger charge is 2.23. The number of thiophene rings is 1. The normalized spacial score (nSPS) is 12.4. The molecule has 2 N–H and O–H groups in total. The van der Waals surface area contributed by atoms with Gasteiger partial charge in [0.1, 0.15) is 11.2 Å². The van der Waals surface area contributed by atoms with Gasteiger partial charge in [0.2, 0.25) is 0 Å². The third-order valence-electron chi connectivity index (χ3n) is 14.1. The Morgan fingerprint density at radius 1 is 0.500 bits per heavy atom. The first-order valence-corrected chi connectivity index (χ1v) is 23.7. The highest BCUT2D eigenvalue weighted by molar-refractivity contribution is 7.25. The maximum atomic E-state index is 9.61. The van der Waals surface area contributed by atoms with Crippen molar-refractivity contribution in [2.75, 3.05) is 0 Å². The van der Waals surface area contributed by atoms with Gasteiger partial charge in [-0.3, -0.25) is 5.41 Å². The summed E-state index contributed by atoms with van der Waals surface area (Å²) in [6.45, 7) is 0. The number of H-pyrrole nitrogens is 1. The van der Waals surface area contributed by atoms with Crippen molar-refractivity contribution in [1.82, 2.24) is 9.55 Å². The molecule has 4 heterocycles. The number of fused-ring (bicyclic) bond motifs is 16. The Morgan fingerprint density at radius 3 is 2.10 bits per heavy atom. The average Bonchev–Trinajstić information content (AvgIpc) is 4.14. The first kappa shape index (κ1) is 37.4. The van der Waals surface area contributed by atoms with Crippen LogP contribution in [0.15, 0.2) is 210 Å². The van der Waals surface area contributed by atoms with Gasteiger partial charge < -0.3 is 14.0 Å². The summed E-state index contributed by atoms with van der Waals surface area (Å²) in [6, 6.07) is 71.9. The van der Waals surface area contributed by atoms with E-state index in [4.69, 9.17) is 9.41 Å². The molecule has 6 heteroatoms. The van der Waals surface area contributed by atoms with Gasteiger partial charge in [0.25, 0.3) is 0 Å². The molecule has 0 atom stereocenters. The van der Waals surface area contributed by atoms with Crippen LogP contribution >= 0.6 is 11.3 Å². The molecule has 0 saturated carbocycles. The van der Waals surface area contributed by atoms with Crippen molar-refractivity contribution in [2.24, 2.45) is 4.99 Å². The molecule has 0 fully saturated rings. The number of furan rings is 1. The first-order valence-electron chi connectivity index (χ1n) is 22.9. The summed E-state index contributed by atoms with van der Waals surface area (Å²) in [6.07, 6.45) is 1.82. The highest BCUT2D eigenvalue weighted by Crippen LogP contribution is 2.44. The van der Waals surface area contributed by atoms with Gasteiger partial charge >= 0.3 is 0 Å². The van der Waals surface area contributed by atoms with Gasteiger partial charge in [-0.1, -0.05) is 127 Å². The standard InChI is InChI=1S/C62H36N4OS/c63-62(64-34-35-20-25-59-51(26-35)46-16-6-8-19-58(46)68-59)41-31-56(60-47-24-21-36-10-3-4-14-43(36)61(47)67-57(60)32-41)66-54-30-38-12-2-1-11-37(38)27-49(54)50-28-39-13-9-17-42(48(39)33-55(50)66)40-22-23-45-44-15-5-7-18-52(44)65-53(45)29-40/h1-34,63,65H. The van der Waals surface area contributed by atoms with Crippen LogP contribution in [0.5, 0.6) is 0 Å². The minimum absolute atomic E-state index is 0.153. The number of nitrogens with zero attached hydrogens (tertiary/aromatic N) is 2. The third kappa shape index (κ3) is 5.49. The van der Waals surface area contributed by atoms with Crippen LogP contribution < -0.4 is 0 Å². The van der Waals surface area contributed by atoms with E-state index in [1.54, 1.807) is 11.3 Å².